The van der Waals surface area contributed by atoms with Crippen molar-refractivity contribution in [3.63, 3.8) is 0 Å². The molecule has 4 rings (SSSR count). The number of rotatable bonds is 3. The fourth-order valence-corrected chi connectivity index (χ4v) is 4.08. The zero-order valence-electron chi connectivity index (χ0n) is 14.7. The number of anilines is 1. The van der Waals surface area contributed by atoms with Crippen molar-refractivity contribution in [2.45, 2.75) is 31.2 Å². The number of nitrogens with one attached hydrogen (secondary N) is 1. The maximum atomic E-state index is 4.63. The average molecular weight is 325 g/mol. The normalized spacial score (nSPS) is 22.6. The molecular weight excluding hydrogens is 298 g/mol. The third-order valence-corrected chi connectivity index (χ3v) is 5.64. The predicted octanol–water partition coefficient (Wildman–Crippen LogP) is 2.24. The van der Waals surface area contributed by atoms with Gasteiger partial charge in [0.15, 0.2) is 0 Å². The number of benzene rings is 1. The first kappa shape index (κ1) is 15.8. The monoisotopic (exact) mass is 325 g/mol. The van der Waals surface area contributed by atoms with Gasteiger partial charge in [0.25, 0.3) is 0 Å². The Morgan fingerprint density at radius 1 is 1.12 bits per heavy atom. The lowest BCUT2D eigenvalue weighted by molar-refractivity contribution is 0.315. The molecule has 0 unspecified atom stereocenters. The molecule has 2 aromatic rings. The Kier molecular flexibility index (Phi) is 4.37. The standard InChI is InChI=1S/C19H27N5/c1-23(2)16-7-10-24(12-16)15-3-4-17-18(11-15)21-13-22-19(17)14-5-8-20-9-6-14/h3-4,11,13-14,16,20H,5-10,12H2,1-2H3/t16-/m1/s1. The van der Waals surface area contributed by atoms with Gasteiger partial charge in [-0.25, -0.2) is 9.97 Å². The fraction of sp³-hybridized carbons (Fsp3) is 0.579. The molecule has 5 heteroatoms. The van der Waals surface area contributed by atoms with Crippen molar-refractivity contribution in [3.05, 3.63) is 30.2 Å². The molecule has 0 bridgehead atoms. The van der Waals surface area contributed by atoms with Crippen LogP contribution in [0.5, 0.6) is 0 Å². The largest absolute Gasteiger partial charge is 0.370 e. The SMILES string of the molecule is CN(C)[C@@H]1CCN(c2ccc3c(C4CCNCC4)ncnc3c2)C1. The number of hydrogen-bond donors (Lipinski definition) is 1. The third kappa shape index (κ3) is 2.98. The molecule has 0 aliphatic carbocycles. The van der Waals surface area contributed by atoms with Crippen molar-refractivity contribution >= 4 is 16.6 Å². The summed E-state index contributed by atoms with van der Waals surface area (Å²) in [5.41, 5.74) is 3.62. The number of aromatic nitrogens is 2. The quantitative estimate of drug-likeness (QED) is 0.937. The van der Waals surface area contributed by atoms with Gasteiger partial charge in [0.05, 0.1) is 11.2 Å². The van der Waals surface area contributed by atoms with Gasteiger partial charge in [-0.3, -0.25) is 0 Å². The van der Waals surface area contributed by atoms with E-state index in [1.165, 1.54) is 36.0 Å². The summed E-state index contributed by atoms with van der Waals surface area (Å²) < 4.78 is 0. The van der Waals surface area contributed by atoms with E-state index in [1.54, 1.807) is 6.33 Å². The number of nitrogens with zero attached hydrogens (tertiary/aromatic N) is 4. The molecule has 24 heavy (non-hydrogen) atoms. The summed E-state index contributed by atoms with van der Waals surface area (Å²) in [6.07, 6.45) is 5.32. The molecule has 0 saturated carbocycles. The summed E-state index contributed by atoms with van der Waals surface area (Å²) in [7, 11) is 4.35. The first-order valence-electron chi connectivity index (χ1n) is 9.09. The lowest BCUT2D eigenvalue weighted by Crippen LogP contribution is -2.31. The molecule has 0 spiro atoms. The van der Waals surface area contributed by atoms with Gasteiger partial charge in [-0.15, -0.1) is 0 Å². The number of likely N-dealkylation sites (N-methyl/N-ethyl adjacent to an activating group) is 1. The maximum Gasteiger partial charge on any atom is 0.116 e. The Balaban J connectivity index is 1.62. The third-order valence-electron chi connectivity index (χ3n) is 5.64. The van der Waals surface area contributed by atoms with Crippen LogP contribution in [-0.4, -0.2) is 61.2 Å². The minimum absolute atomic E-state index is 0.563. The van der Waals surface area contributed by atoms with Gasteiger partial charge in [0.1, 0.15) is 6.33 Å². The summed E-state index contributed by atoms with van der Waals surface area (Å²) in [5, 5.41) is 4.67. The van der Waals surface area contributed by atoms with Gasteiger partial charge < -0.3 is 15.1 Å². The van der Waals surface area contributed by atoms with Crippen LogP contribution in [0.2, 0.25) is 0 Å². The van der Waals surface area contributed by atoms with E-state index in [4.69, 9.17) is 0 Å². The van der Waals surface area contributed by atoms with Crippen LogP contribution < -0.4 is 10.2 Å². The van der Waals surface area contributed by atoms with Crippen LogP contribution in [0.25, 0.3) is 10.9 Å². The highest BCUT2D eigenvalue weighted by Crippen LogP contribution is 2.31. The van der Waals surface area contributed by atoms with Crippen LogP contribution in [0.1, 0.15) is 30.9 Å². The molecule has 0 amide bonds. The summed E-state index contributed by atoms with van der Waals surface area (Å²) in [5.74, 6) is 0.563. The molecule has 1 aromatic heterocycles. The lowest BCUT2D eigenvalue weighted by atomic mass is 9.92. The lowest BCUT2D eigenvalue weighted by Gasteiger charge is -2.24. The van der Waals surface area contributed by atoms with Crippen molar-refractivity contribution in [2.24, 2.45) is 0 Å². The second kappa shape index (κ2) is 6.65. The smallest absolute Gasteiger partial charge is 0.116 e. The van der Waals surface area contributed by atoms with Crippen LogP contribution in [-0.2, 0) is 0 Å². The molecule has 2 aliphatic rings. The topological polar surface area (TPSA) is 44.3 Å². The molecule has 128 valence electrons. The van der Waals surface area contributed by atoms with E-state index in [2.05, 4.69) is 57.4 Å². The van der Waals surface area contributed by atoms with E-state index in [-0.39, 0.29) is 0 Å². The Morgan fingerprint density at radius 2 is 1.96 bits per heavy atom. The number of piperidine rings is 1. The molecule has 2 aliphatic heterocycles. The van der Waals surface area contributed by atoms with E-state index in [9.17, 15) is 0 Å². The van der Waals surface area contributed by atoms with Gasteiger partial charge >= 0.3 is 0 Å². The summed E-state index contributed by atoms with van der Waals surface area (Å²) in [4.78, 5) is 14.0. The summed E-state index contributed by atoms with van der Waals surface area (Å²) >= 11 is 0. The van der Waals surface area contributed by atoms with E-state index in [0.29, 0.717) is 12.0 Å². The molecule has 5 nitrogen and oxygen atoms in total. The van der Waals surface area contributed by atoms with Gasteiger partial charge in [0, 0.05) is 36.1 Å². The molecule has 0 radical (unpaired) electrons. The second-order valence-corrected chi connectivity index (χ2v) is 7.34. The molecule has 1 N–H and O–H groups in total. The van der Waals surface area contributed by atoms with Crippen molar-refractivity contribution in [3.8, 4) is 0 Å². The average Bonchev–Trinajstić information content (AvgIpc) is 3.12. The fourth-order valence-electron chi connectivity index (χ4n) is 4.08. The predicted molar refractivity (Wildman–Crippen MR) is 98.7 cm³/mol. The van der Waals surface area contributed by atoms with E-state index in [0.717, 1.165) is 31.7 Å². The van der Waals surface area contributed by atoms with Gasteiger partial charge in [-0.1, -0.05) is 0 Å². The highest BCUT2D eigenvalue weighted by atomic mass is 15.2. The van der Waals surface area contributed by atoms with Crippen LogP contribution in [0.4, 0.5) is 5.69 Å². The van der Waals surface area contributed by atoms with Crippen LogP contribution in [0.15, 0.2) is 24.5 Å². The summed E-state index contributed by atoms with van der Waals surface area (Å²) in [6, 6.07) is 7.40. The highest BCUT2D eigenvalue weighted by molar-refractivity contribution is 5.84. The van der Waals surface area contributed by atoms with E-state index < -0.39 is 0 Å². The van der Waals surface area contributed by atoms with Gasteiger partial charge in [-0.05, 0) is 64.6 Å². The summed E-state index contributed by atoms with van der Waals surface area (Å²) in [6.45, 7) is 4.41. The Morgan fingerprint density at radius 3 is 2.71 bits per heavy atom. The molecule has 2 saturated heterocycles. The number of hydrogen-bond acceptors (Lipinski definition) is 5. The van der Waals surface area contributed by atoms with Crippen molar-refractivity contribution in [1.82, 2.24) is 20.2 Å². The van der Waals surface area contributed by atoms with Crippen LogP contribution >= 0.6 is 0 Å². The minimum atomic E-state index is 0.563. The zero-order valence-corrected chi connectivity index (χ0v) is 14.7. The van der Waals surface area contributed by atoms with Crippen LogP contribution in [0.3, 0.4) is 0 Å². The van der Waals surface area contributed by atoms with E-state index in [1.807, 2.05) is 0 Å². The Labute approximate surface area is 144 Å². The van der Waals surface area contributed by atoms with Crippen molar-refractivity contribution < 1.29 is 0 Å². The second-order valence-electron chi connectivity index (χ2n) is 7.34. The zero-order chi connectivity index (χ0) is 16.5. The van der Waals surface area contributed by atoms with Gasteiger partial charge in [-0.2, -0.15) is 0 Å². The molecular formula is C19H27N5. The Bertz CT molecular complexity index is 708. The molecule has 1 atom stereocenters. The van der Waals surface area contributed by atoms with E-state index >= 15 is 0 Å². The Hall–Kier alpha value is -1.72. The maximum absolute atomic E-state index is 4.63. The van der Waals surface area contributed by atoms with Crippen molar-refractivity contribution in [2.75, 3.05) is 45.2 Å². The molecule has 1 aromatic carbocycles. The van der Waals surface area contributed by atoms with Crippen molar-refractivity contribution in [1.29, 1.82) is 0 Å². The molecule has 2 fully saturated rings. The first-order chi connectivity index (χ1) is 11.7. The van der Waals surface area contributed by atoms with Gasteiger partial charge in [0.2, 0.25) is 0 Å². The first-order valence-corrected chi connectivity index (χ1v) is 9.09. The minimum Gasteiger partial charge on any atom is -0.370 e. The highest BCUT2D eigenvalue weighted by Gasteiger charge is 2.25. The van der Waals surface area contributed by atoms with Crippen LogP contribution in [0, 0.1) is 0 Å². The number of fused-ring (bicyclic) bond motifs is 1. The molecule has 3 heterocycles.